The fraction of sp³-hybridized carbons (Fsp3) is 0.894. The van der Waals surface area contributed by atoms with Crippen LogP contribution in [0.3, 0.4) is 0 Å². The number of likely N-dealkylation sites (N-methyl/N-ethyl adjacent to an activating group) is 1. The van der Waals surface area contributed by atoms with Gasteiger partial charge in [-0.2, -0.15) is 0 Å². The van der Waals surface area contributed by atoms with Gasteiger partial charge < -0.3 is 28.8 Å². The second-order valence-electron chi connectivity index (χ2n) is 17.5. The van der Waals surface area contributed by atoms with Gasteiger partial charge in [-0.25, -0.2) is 0 Å². The summed E-state index contributed by atoms with van der Waals surface area (Å²) in [6.07, 6.45) is 46.8. The number of hydrogen-bond donors (Lipinski definition) is 2. The van der Waals surface area contributed by atoms with Gasteiger partial charge in [0.25, 0.3) is 7.82 Å². The van der Waals surface area contributed by atoms with Crippen LogP contribution in [0.5, 0.6) is 0 Å². The van der Waals surface area contributed by atoms with Gasteiger partial charge in [-0.05, 0) is 19.3 Å². The van der Waals surface area contributed by atoms with Gasteiger partial charge in [-0.3, -0.25) is 9.36 Å². The smallest absolute Gasteiger partial charge is 0.268 e. The summed E-state index contributed by atoms with van der Waals surface area (Å²) < 4.78 is 23.1. The molecule has 0 aliphatic rings. The molecule has 0 bridgehead atoms. The highest BCUT2D eigenvalue weighted by molar-refractivity contribution is 7.45. The molecule has 0 rings (SSSR count). The number of phosphoric acid groups is 1. The number of phosphoric ester groups is 1. The lowest BCUT2D eigenvalue weighted by molar-refractivity contribution is -0.870. The summed E-state index contributed by atoms with van der Waals surface area (Å²) in [7, 11) is 1.24. The molecule has 0 fully saturated rings. The van der Waals surface area contributed by atoms with Gasteiger partial charge in [0.1, 0.15) is 13.2 Å². The first kappa shape index (κ1) is 55.0. The van der Waals surface area contributed by atoms with E-state index in [2.05, 4.69) is 25.2 Å². The van der Waals surface area contributed by atoms with E-state index in [1.165, 1.54) is 167 Å². The molecule has 0 aromatic rings. The Morgan fingerprint density at radius 1 is 0.625 bits per heavy atom. The van der Waals surface area contributed by atoms with Crippen LogP contribution in [0.25, 0.3) is 0 Å². The highest BCUT2D eigenvalue weighted by Gasteiger charge is 2.23. The van der Waals surface area contributed by atoms with E-state index in [0.717, 1.165) is 32.1 Å². The Morgan fingerprint density at radius 2 is 1.02 bits per heavy atom. The number of hydrogen-bond acceptors (Lipinski definition) is 6. The lowest BCUT2D eigenvalue weighted by atomic mass is 10.0. The number of unbranched alkanes of at least 4 members (excludes halogenated alkanes) is 29. The maximum Gasteiger partial charge on any atom is 0.268 e. The summed E-state index contributed by atoms with van der Waals surface area (Å²) >= 11 is 0. The lowest BCUT2D eigenvalue weighted by Gasteiger charge is -2.29. The summed E-state index contributed by atoms with van der Waals surface area (Å²) in [5.41, 5.74) is 0. The zero-order valence-electron chi connectivity index (χ0n) is 37.6. The van der Waals surface area contributed by atoms with Crippen molar-refractivity contribution in [3.63, 3.8) is 0 Å². The van der Waals surface area contributed by atoms with Crippen molar-refractivity contribution >= 4 is 13.7 Å². The van der Waals surface area contributed by atoms with E-state index in [9.17, 15) is 19.4 Å². The van der Waals surface area contributed by atoms with Gasteiger partial charge >= 0.3 is 0 Å². The van der Waals surface area contributed by atoms with Crippen molar-refractivity contribution in [2.75, 3.05) is 40.9 Å². The minimum absolute atomic E-state index is 0.00711. The Hall–Kier alpha value is -1.02. The summed E-state index contributed by atoms with van der Waals surface area (Å²) in [5, 5.41) is 13.7. The Balaban J connectivity index is 4.22. The number of nitrogens with zero attached hydrogens (tertiary/aromatic N) is 1. The second kappa shape index (κ2) is 39.4. The summed E-state index contributed by atoms with van der Waals surface area (Å²) in [4.78, 5) is 25.3. The van der Waals surface area contributed by atoms with E-state index in [1.807, 2.05) is 27.2 Å². The topological polar surface area (TPSA) is 108 Å². The number of amides is 1. The van der Waals surface area contributed by atoms with Crippen LogP contribution in [-0.2, 0) is 18.4 Å². The Bertz CT molecular complexity index is 969. The molecule has 1 amide bonds. The van der Waals surface area contributed by atoms with E-state index < -0.39 is 26.6 Å². The Kier molecular flexibility index (Phi) is 38.7. The van der Waals surface area contributed by atoms with Crippen LogP contribution in [0.1, 0.15) is 219 Å². The first-order valence-corrected chi connectivity index (χ1v) is 25.2. The summed E-state index contributed by atoms with van der Waals surface area (Å²) in [6.45, 7) is 4.60. The molecule has 3 atom stereocenters. The standard InChI is InChI=1S/C47H93N2O6P/c1-6-8-10-12-14-16-18-19-20-21-22-23-24-25-26-27-28-29-31-33-35-37-39-41-47(51)48-45(44-55-56(52,53)54-43-42-49(3,4)5)46(50)40-38-36-34-32-30-17-15-13-11-9-7-2/h34,36,38,40,45-46,50H,6-33,35,37,39,41-44H2,1-5H3,(H-,48,51,52,53)/b36-34+,40-38+/t45-,46+/m0/s1. The van der Waals surface area contributed by atoms with E-state index in [1.54, 1.807) is 12.2 Å². The van der Waals surface area contributed by atoms with E-state index in [4.69, 9.17) is 9.05 Å². The van der Waals surface area contributed by atoms with Gasteiger partial charge in [-0.15, -0.1) is 0 Å². The summed E-state index contributed by atoms with van der Waals surface area (Å²) in [6, 6.07) is -0.913. The van der Waals surface area contributed by atoms with Crippen molar-refractivity contribution in [3.8, 4) is 0 Å². The number of nitrogens with one attached hydrogen (secondary N) is 1. The fourth-order valence-electron chi connectivity index (χ4n) is 6.92. The molecule has 0 aromatic heterocycles. The number of allylic oxidation sites excluding steroid dienone is 3. The number of aliphatic hydroxyl groups excluding tert-OH is 1. The average Bonchev–Trinajstić information content (AvgIpc) is 3.15. The molecule has 0 aromatic carbocycles. The largest absolute Gasteiger partial charge is 0.756 e. The van der Waals surface area contributed by atoms with Crippen LogP contribution < -0.4 is 10.2 Å². The van der Waals surface area contributed by atoms with Gasteiger partial charge in [-0.1, -0.05) is 218 Å². The molecule has 0 aliphatic carbocycles. The van der Waals surface area contributed by atoms with Crippen LogP contribution >= 0.6 is 7.82 Å². The van der Waals surface area contributed by atoms with Crippen LogP contribution in [0, 0.1) is 0 Å². The van der Waals surface area contributed by atoms with Crippen LogP contribution in [-0.4, -0.2) is 68.5 Å². The molecule has 0 heterocycles. The third-order valence-corrected chi connectivity index (χ3v) is 11.7. The molecule has 0 radical (unpaired) electrons. The zero-order valence-corrected chi connectivity index (χ0v) is 38.5. The predicted molar refractivity (Wildman–Crippen MR) is 238 cm³/mol. The van der Waals surface area contributed by atoms with E-state index in [0.29, 0.717) is 17.4 Å². The summed E-state index contributed by atoms with van der Waals surface area (Å²) in [5.74, 6) is -0.212. The van der Waals surface area contributed by atoms with Crippen molar-refractivity contribution in [2.45, 2.75) is 231 Å². The van der Waals surface area contributed by atoms with Crippen molar-refractivity contribution < 1.29 is 32.9 Å². The highest BCUT2D eigenvalue weighted by Crippen LogP contribution is 2.38. The van der Waals surface area contributed by atoms with Crippen LogP contribution in [0.2, 0.25) is 0 Å². The predicted octanol–water partition coefficient (Wildman–Crippen LogP) is 12.7. The first-order valence-electron chi connectivity index (χ1n) is 23.7. The number of aliphatic hydroxyl groups is 1. The molecular weight excluding hydrogens is 719 g/mol. The molecule has 0 spiro atoms. The van der Waals surface area contributed by atoms with Crippen molar-refractivity contribution in [2.24, 2.45) is 0 Å². The van der Waals surface area contributed by atoms with Gasteiger partial charge in [0.2, 0.25) is 5.91 Å². The molecule has 56 heavy (non-hydrogen) atoms. The maximum absolute atomic E-state index is 12.8. The fourth-order valence-corrected chi connectivity index (χ4v) is 7.64. The minimum atomic E-state index is -4.59. The van der Waals surface area contributed by atoms with E-state index >= 15 is 0 Å². The lowest BCUT2D eigenvalue weighted by Crippen LogP contribution is -2.45. The highest BCUT2D eigenvalue weighted by atomic mass is 31.2. The van der Waals surface area contributed by atoms with Crippen molar-refractivity contribution in [1.82, 2.24) is 5.32 Å². The third kappa shape index (κ3) is 41.2. The quantitative estimate of drug-likeness (QED) is 0.0275. The molecule has 2 N–H and O–H groups in total. The number of quaternary nitrogens is 1. The minimum Gasteiger partial charge on any atom is -0.756 e. The van der Waals surface area contributed by atoms with Crippen LogP contribution in [0.4, 0.5) is 0 Å². The molecule has 9 heteroatoms. The second-order valence-corrected chi connectivity index (χ2v) is 18.9. The SMILES string of the molecule is CCCCCCCCC/C=C/C=C/[C@@H](O)[C@H](COP(=O)([O-])OCC[N+](C)(C)C)NC(=O)CCCCCCCCCCCCCCCCCCCCCCCCC. The molecular formula is C47H93N2O6P. The molecule has 8 nitrogen and oxygen atoms in total. The maximum atomic E-state index is 12.8. The van der Waals surface area contributed by atoms with Crippen LogP contribution in [0.15, 0.2) is 24.3 Å². The van der Waals surface area contributed by atoms with E-state index in [-0.39, 0.29) is 12.5 Å². The molecule has 1 unspecified atom stereocenters. The monoisotopic (exact) mass is 813 g/mol. The number of carbonyl (C=O) groups is 1. The van der Waals surface area contributed by atoms with Gasteiger partial charge in [0, 0.05) is 6.42 Å². The number of rotatable bonds is 43. The number of carbonyl (C=O) groups excluding carboxylic acids is 1. The molecule has 0 saturated carbocycles. The van der Waals surface area contributed by atoms with Crippen molar-refractivity contribution in [1.29, 1.82) is 0 Å². The third-order valence-electron chi connectivity index (χ3n) is 10.7. The molecule has 0 aliphatic heterocycles. The van der Waals surface area contributed by atoms with Crippen molar-refractivity contribution in [3.05, 3.63) is 24.3 Å². The first-order chi connectivity index (χ1) is 27.0. The van der Waals surface area contributed by atoms with Gasteiger partial charge in [0.05, 0.1) is 39.9 Å². The molecule has 0 saturated heterocycles. The normalized spacial score (nSPS) is 14.5. The zero-order chi connectivity index (χ0) is 41.4. The average molecular weight is 813 g/mol. The Labute approximate surface area is 347 Å². The van der Waals surface area contributed by atoms with Gasteiger partial charge in [0.15, 0.2) is 0 Å². The Morgan fingerprint density at radius 3 is 1.43 bits per heavy atom. The molecule has 332 valence electrons.